The van der Waals surface area contributed by atoms with Crippen LogP contribution < -0.4 is 5.32 Å². The summed E-state index contributed by atoms with van der Waals surface area (Å²) in [5.74, 6) is 1.08. The van der Waals surface area contributed by atoms with Gasteiger partial charge in [-0.25, -0.2) is 9.97 Å². The number of hydrogen-bond donors (Lipinski definition) is 1. The number of nitrogens with zero attached hydrogens (tertiary/aromatic N) is 3. The van der Waals surface area contributed by atoms with E-state index in [-0.39, 0.29) is 0 Å². The summed E-state index contributed by atoms with van der Waals surface area (Å²) in [6, 6.07) is 17.1. The van der Waals surface area contributed by atoms with Gasteiger partial charge in [-0.15, -0.1) is 0 Å². The highest BCUT2D eigenvalue weighted by atomic mass is 15.1. The van der Waals surface area contributed by atoms with Crippen LogP contribution in [0.4, 0.5) is 11.4 Å². The Bertz CT molecular complexity index is 1260. The molecule has 3 heterocycles. The molecule has 1 N–H and O–H groups in total. The zero-order valence-corrected chi connectivity index (χ0v) is 17.0. The van der Waals surface area contributed by atoms with Gasteiger partial charge in [-0.3, -0.25) is 0 Å². The second-order valence-electron chi connectivity index (χ2n) is 7.69. The molecular weight excluding hydrogens is 356 g/mol. The number of aromatic nitrogens is 3. The zero-order valence-electron chi connectivity index (χ0n) is 17.0. The fraction of sp³-hybridized carbons (Fsp3) is 0.200. The fourth-order valence-corrected chi connectivity index (χ4v) is 4.11. The SMILES string of the molecule is CCc1nc2c(C)cc(C)nc2n1Cc1ccc2c(c1)C=Cc1ccccc1N2. The topological polar surface area (TPSA) is 42.7 Å². The summed E-state index contributed by atoms with van der Waals surface area (Å²) in [4.78, 5) is 9.68. The third kappa shape index (κ3) is 3.11. The van der Waals surface area contributed by atoms with E-state index < -0.39 is 0 Å². The smallest absolute Gasteiger partial charge is 0.160 e. The van der Waals surface area contributed by atoms with Gasteiger partial charge < -0.3 is 9.88 Å². The molecule has 0 amide bonds. The van der Waals surface area contributed by atoms with Crippen molar-refractivity contribution in [1.82, 2.24) is 14.5 Å². The predicted molar refractivity (Wildman–Crippen MR) is 121 cm³/mol. The maximum Gasteiger partial charge on any atom is 0.160 e. The molecule has 29 heavy (non-hydrogen) atoms. The van der Waals surface area contributed by atoms with Gasteiger partial charge in [-0.05, 0) is 60.4 Å². The molecule has 4 nitrogen and oxygen atoms in total. The minimum absolute atomic E-state index is 0.767. The van der Waals surface area contributed by atoms with E-state index in [9.17, 15) is 0 Å². The number of fused-ring (bicyclic) bond motifs is 3. The lowest BCUT2D eigenvalue weighted by Gasteiger charge is -2.13. The summed E-state index contributed by atoms with van der Waals surface area (Å²) in [5, 5.41) is 3.56. The number of nitrogens with one attached hydrogen (secondary N) is 1. The standard InChI is InChI=1S/C25H24N4/c1-4-23-28-24-16(2)13-17(3)26-25(24)29(23)15-18-9-12-22-20(14-18)11-10-19-7-5-6-8-21(19)27-22/h5-14,27H,4,15H2,1-3H3. The van der Waals surface area contributed by atoms with Crippen LogP contribution in [0.3, 0.4) is 0 Å². The summed E-state index contributed by atoms with van der Waals surface area (Å²) in [6.07, 6.45) is 5.25. The number of benzene rings is 2. The lowest BCUT2D eigenvalue weighted by atomic mass is 10.1. The van der Waals surface area contributed by atoms with Crippen LogP contribution >= 0.6 is 0 Å². The Hall–Kier alpha value is -3.40. The van der Waals surface area contributed by atoms with Crippen LogP contribution in [-0.2, 0) is 13.0 Å². The number of imidazole rings is 1. The van der Waals surface area contributed by atoms with Crippen molar-refractivity contribution in [3.8, 4) is 0 Å². The first-order chi connectivity index (χ1) is 14.1. The van der Waals surface area contributed by atoms with Crippen LogP contribution in [0, 0.1) is 13.8 Å². The molecule has 0 aliphatic carbocycles. The highest BCUT2D eigenvalue weighted by molar-refractivity contribution is 5.87. The van der Waals surface area contributed by atoms with Gasteiger partial charge in [0, 0.05) is 23.5 Å². The number of aryl methyl sites for hydroxylation is 3. The van der Waals surface area contributed by atoms with E-state index >= 15 is 0 Å². The molecule has 0 spiro atoms. The van der Waals surface area contributed by atoms with E-state index in [1.165, 1.54) is 22.3 Å². The molecule has 0 saturated heterocycles. The van der Waals surface area contributed by atoms with Gasteiger partial charge in [0.2, 0.25) is 0 Å². The Morgan fingerprint density at radius 3 is 2.55 bits per heavy atom. The van der Waals surface area contributed by atoms with Crippen LogP contribution in [0.5, 0.6) is 0 Å². The van der Waals surface area contributed by atoms with Gasteiger partial charge in [0.1, 0.15) is 11.3 Å². The van der Waals surface area contributed by atoms with Crippen molar-refractivity contribution in [2.75, 3.05) is 5.32 Å². The summed E-state index contributed by atoms with van der Waals surface area (Å²) in [6.45, 7) is 7.08. The van der Waals surface area contributed by atoms with Gasteiger partial charge >= 0.3 is 0 Å². The molecule has 0 radical (unpaired) electrons. The Balaban J connectivity index is 1.56. The summed E-state index contributed by atoms with van der Waals surface area (Å²) in [5.41, 5.74) is 10.1. The molecule has 0 atom stereocenters. The highest BCUT2D eigenvalue weighted by Crippen LogP contribution is 2.31. The molecule has 0 fully saturated rings. The van der Waals surface area contributed by atoms with Crippen LogP contribution in [0.2, 0.25) is 0 Å². The van der Waals surface area contributed by atoms with Crippen molar-refractivity contribution in [1.29, 1.82) is 0 Å². The zero-order chi connectivity index (χ0) is 20.0. The van der Waals surface area contributed by atoms with Crippen molar-refractivity contribution >= 4 is 34.7 Å². The lowest BCUT2D eigenvalue weighted by Crippen LogP contribution is -2.06. The maximum atomic E-state index is 4.87. The average Bonchev–Trinajstić information content (AvgIpc) is 2.95. The molecule has 1 aliphatic heterocycles. The molecule has 1 aliphatic rings. The average molecular weight is 380 g/mol. The van der Waals surface area contributed by atoms with Crippen molar-refractivity contribution in [3.63, 3.8) is 0 Å². The number of hydrogen-bond acceptors (Lipinski definition) is 3. The molecule has 0 bridgehead atoms. The Morgan fingerprint density at radius 2 is 1.69 bits per heavy atom. The Kier molecular flexibility index (Phi) is 4.20. The van der Waals surface area contributed by atoms with E-state index in [2.05, 4.69) is 84.4 Å². The quantitative estimate of drug-likeness (QED) is 0.425. The second-order valence-corrected chi connectivity index (χ2v) is 7.69. The third-order valence-electron chi connectivity index (χ3n) is 5.55. The third-order valence-corrected chi connectivity index (χ3v) is 5.55. The summed E-state index contributed by atoms with van der Waals surface area (Å²) < 4.78 is 2.26. The monoisotopic (exact) mass is 380 g/mol. The van der Waals surface area contributed by atoms with E-state index in [1.54, 1.807) is 0 Å². The van der Waals surface area contributed by atoms with Crippen LogP contribution in [0.25, 0.3) is 23.3 Å². The van der Waals surface area contributed by atoms with Crippen molar-refractivity contribution in [2.45, 2.75) is 33.7 Å². The largest absolute Gasteiger partial charge is 0.355 e. The molecule has 4 aromatic rings. The minimum Gasteiger partial charge on any atom is -0.355 e. The number of para-hydroxylation sites is 1. The van der Waals surface area contributed by atoms with E-state index in [0.717, 1.165) is 47.0 Å². The van der Waals surface area contributed by atoms with Crippen LogP contribution in [-0.4, -0.2) is 14.5 Å². The van der Waals surface area contributed by atoms with Gasteiger partial charge in [-0.2, -0.15) is 0 Å². The highest BCUT2D eigenvalue weighted by Gasteiger charge is 2.15. The first-order valence-corrected chi connectivity index (χ1v) is 10.1. The fourth-order valence-electron chi connectivity index (χ4n) is 4.11. The summed E-state index contributed by atoms with van der Waals surface area (Å²) in [7, 11) is 0. The number of rotatable bonds is 3. The molecule has 2 aromatic carbocycles. The lowest BCUT2D eigenvalue weighted by molar-refractivity contribution is 0.745. The van der Waals surface area contributed by atoms with Crippen LogP contribution in [0.1, 0.15) is 40.7 Å². The number of pyridine rings is 1. The van der Waals surface area contributed by atoms with E-state index in [1.807, 2.05) is 6.92 Å². The van der Waals surface area contributed by atoms with Gasteiger partial charge in [-0.1, -0.05) is 43.3 Å². The molecule has 144 valence electrons. The molecule has 2 aromatic heterocycles. The van der Waals surface area contributed by atoms with Crippen molar-refractivity contribution in [3.05, 3.63) is 82.3 Å². The van der Waals surface area contributed by atoms with E-state index in [4.69, 9.17) is 9.97 Å². The van der Waals surface area contributed by atoms with Gasteiger partial charge in [0.15, 0.2) is 5.65 Å². The summed E-state index contributed by atoms with van der Waals surface area (Å²) >= 11 is 0. The first kappa shape index (κ1) is 17.7. The van der Waals surface area contributed by atoms with Crippen molar-refractivity contribution in [2.24, 2.45) is 0 Å². The Morgan fingerprint density at radius 1 is 0.897 bits per heavy atom. The minimum atomic E-state index is 0.767. The van der Waals surface area contributed by atoms with E-state index in [0.29, 0.717) is 0 Å². The normalized spacial score (nSPS) is 12.4. The first-order valence-electron chi connectivity index (χ1n) is 10.1. The molecule has 0 saturated carbocycles. The molecule has 5 rings (SSSR count). The Labute approximate surface area is 170 Å². The van der Waals surface area contributed by atoms with Crippen molar-refractivity contribution < 1.29 is 0 Å². The molecule has 0 unspecified atom stereocenters. The maximum absolute atomic E-state index is 4.87. The predicted octanol–water partition coefficient (Wildman–Crippen LogP) is 5.89. The number of anilines is 2. The van der Waals surface area contributed by atoms with Gasteiger partial charge in [0.25, 0.3) is 0 Å². The molecular formula is C25H24N4. The van der Waals surface area contributed by atoms with Gasteiger partial charge in [0.05, 0.1) is 6.54 Å². The second kappa shape index (κ2) is 6.89. The van der Waals surface area contributed by atoms with Crippen LogP contribution in [0.15, 0.2) is 48.5 Å². The molecule has 4 heteroatoms.